The minimum Gasteiger partial charge on any atom is -0.481 e. The minimum atomic E-state index is -0.799. The molecule has 0 bridgehead atoms. The molecule has 2 rings (SSSR count). The number of carbonyl (C=O) groups is 1. The van der Waals surface area contributed by atoms with Crippen LogP contribution in [0.1, 0.15) is 48.6 Å². The monoisotopic (exact) mass is 305 g/mol. The fourth-order valence-corrected chi connectivity index (χ4v) is 3.02. The predicted octanol–water partition coefficient (Wildman–Crippen LogP) is 4.65. The maximum absolute atomic E-state index is 11.6. The van der Waals surface area contributed by atoms with Crippen LogP contribution in [0.2, 0.25) is 5.02 Å². The van der Waals surface area contributed by atoms with E-state index in [0.29, 0.717) is 11.4 Å². The number of carboxylic acids is 1. The van der Waals surface area contributed by atoms with Crippen molar-refractivity contribution < 1.29 is 9.90 Å². The highest BCUT2D eigenvalue weighted by Crippen LogP contribution is 2.34. The molecule has 4 heteroatoms. The Balaban J connectivity index is 2.90. The third kappa shape index (κ3) is 2.75. The summed E-state index contributed by atoms with van der Waals surface area (Å²) in [5.74, 6) is -1.33. The van der Waals surface area contributed by atoms with Crippen molar-refractivity contribution in [3.8, 4) is 0 Å². The Kier molecular flexibility index (Phi) is 4.52. The summed E-state index contributed by atoms with van der Waals surface area (Å²) < 4.78 is 0. The lowest BCUT2D eigenvalue weighted by atomic mass is 9.88. The summed E-state index contributed by atoms with van der Waals surface area (Å²) in [5, 5.41) is 11.0. The van der Waals surface area contributed by atoms with E-state index in [1.54, 1.807) is 0 Å². The van der Waals surface area contributed by atoms with Crippen molar-refractivity contribution in [2.45, 2.75) is 46.5 Å². The van der Waals surface area contributed by atoms with Gasteiger partial charge in [0.05, 0.1) is 11.4 Å². The number of pyridine rings is 1. The molecule has 0 aliphatic heterocycles. The number of benzene rings is 1. The van der Waals surface area contributed by atoms with Gasteiger partial charge in [-0.25, -0.2) is 0 Å². The molecule has 21 heavy (non-hydrogen) atoms. The second kappa shape index (κ2) is 6.02. The summed E-state index contributed by atoms with van der Waals surface area (Å²) in [6, 6.07) is 3.79. The van der Waals surface area contributed by atoms with Crippen molar-refractivity contribution in [2.24, 2.45) is 0 Å². The van der Waals surface area contributed by atoms with Gasteiger partial charge in [0, 0.05) is 16.1 Å². The predicted molar refractivity (Wildman–Crippen MR) is 86.3 cm³/mol. The van der Waals surface area contributed by atoms with E-state index in [1.165, 1.54) is 0 Å². The molecular weight excluding hydrogens is 286 g/mol. The van der Waals surface area contributed by atoms with Crippen molar-refractivity contribution in [3.05, 3.63) is 39.5 Å². The van der Waals surface area contributed by atoms with Crippen LogP contribution in [0.15, 0.2) is 12.1 Å². The number of aliphatic carboxylic acids is 1. The van der Waals surface area contributed by atoms with Gasteiger partial charge in [0.15, 0.2) is 0 Å². The average molecular weight is 306 g/mol. The van der Waals surface area contributed by atoms with Gasteiger partial charge in [-0.15, -0.1) is 0 Å². The molecule has 2 aromatic rings. The number of carboxylic acid groups (broad SMARTS) is 1. The van der Waals surface area contributed by atoms with E-state index in [9.17, 15) is 9.90 Å². The Morgan fingerprint density at radius 2 is 2.00 bits per heavy atom. The van der Waals surface area contributed by atoms with Crippen LogP contribution in [0.3, 0.4) is 0 Å². The molecule has 0 aliphatic rings. The molecule has 3 nitrogen and oxygen atoms in total. The standard InChI is InChI=1S/C17H20ClNO2/c1-5-11(17(20)21)16-10(4)14(6-2)19-15-7-9(3)13(18)8-12(15)16/h7-8,11H,5-6H2,1-4H3,(H,20,21). The Morgan fingerprint density at radius 1 is 1.33 bits per heavy atom. The molecule has 0 fully saturated rings. The van der Waals surface area contributed by atoms with Crippen molar-refractivity contribution >= 4 is 28.5 Å². The second-order valence-corrected chi connectivity index (χ2v) is 5.78. The van der Waals surface area contributed by atoms with Crippen LogP contribution in [-0.4, -0.2) is 16.1 Å². The summed E-state index contributed by atoms with van der Waals surface area (Å²) in [6.45, 7) is 7.82. The lowest BCUT2D eigenvalue weighted by Gasteiger charge is -2.19. The number of aryl methyl sites for hydroxylation is 2. The van der Waals surface area contributed by atoms with Crippen LogP contribution < -0.4 is 0 Å². The molecule has 0 saturated carbocycles. The molecule has 1 atom stereocenters. The number of hydrogen-bond donors (Lipinski definition) is 1. The van der Waals surface area contributed by atoms with E-state index in [-0.39, 0.29) is 0 Å². The Bertz CT molecular complexity index is 710. The number of fused-ring (bicyclic) bond motifs is 1. The first-order chi connectivity index (χ1) is 9.90. The maximum atomic E-state index is 11.6. The highest BCUT2D eigenvalue weighted by molar-refractivity contribution is 6.32. The highest BCUT2D eigenvalue weighted by atomic mass is 35.5. The van der Waals surface area contributed by atoms with Gasteiger partial charge in [-0.2, -0.15) is 0 Å². The number of hydrogen-bond acceptors (Lipinski definition) is 2. The van der Waals surface area contributed by atoms with E-state index in [0.717, 1.165) is 39.7 Å². The van der Waals surface area contributed by atoms with E-state index >= 15 is 0 Å². The number of rotatable bonds is 4. The molecule has 1 heterocycles. The number of aromatic nitrogens is 1. The molecule has 1 unspecified atom stereocenters. The van der Waals surface area contributed by atoms with Crippen LogP contribution in [0.5, 0.6) is 0 Å². The zero-order valence-corrected chi connectivity index (χ0v) is 13.6. The first-order valence-electron chi connectivity index (χ1n) is 7.22. The normalized spacial score (nSPS) is 12.6. The van der Waals surface area contributed by atoms with Gasteiger partial charge in [-0.1, -0.05) is 25.4 Å². The molecule has 0 spiro atoms. The Labute approximate surface area is 130 Å². The first kappa shape index (κ1) is 15.8. The Hall–Kier alpha value is -1.61. The van der Waals surface area contributed by atoms with Gasteiger partial charge in [-0.05, 0) is 55.5 Å². The van der Waals surface area contributed by atoms with Crippen molar-refractivity contribution in [2.75, 3.05) is 0 Å². The maximum Gasteiger partial charge on any atom is 0.310 e. The Morgan fingerprint density at radius 3 is 2.52 bits per heavy atom. The van der Waals surface area contributed by atoms with Crippen molar-refractivity contribution in [3.63, 3.8) is 0 Å². The quantitative estimate of drug-likeness (QED) is 0.894. The summed E-state index contributed by atoms with van der Waals surface area (Å²) >= 11 is 6.24. The van der Waals surface area contributed by atoms with Gasteiger partial charge in [-0.3, -0.25) is 9.78 Å². The van der Waals surface area contributed by atoms with E-state index in [1.807, 2.05) is 39.8 Å². The molecule has 112 valence electrons. The molecular formula is C17H20ClNO2. The van der Waals surface area contributed by atoms with Crippen LogP contribution in [0.4, 0.5) is 0 Å². The second-order valence-electron chi connectivity index (χ2n) is 5.37. The zero-order valence-electron chi connectivity index (χ0n) is 12.8. The molecule has 0 saturated heterocycles. The van der Waals surface area contributed by atoms with E-state index in [2.05, 4.69) is 4.98 Å². The van der Waals surface area contributed by atoms with E-state index < -0.39 is 11.9 Å². The minimum absolute atomic E-state index is 0.528. The third-order valence-electron chi connectivity index (χ3n) is 4.05. The van der Waals surface area contributed by atoms with Gasteiger partial charge in [0.1, 0.15) is 0 Å². The molecule has 0 radical (unpaired) electrons. The summed E-state index contributed by atoms with van der Waals surface area (Å²) in [7, 11) is 0. The van der Waals surface area contributed by atoms with Crippen LogP contribution in [-0.2, 0) is 11.2 Å². The first-order valence-corrected chi connectivity index (χ1v) is 7.60. The smallest absolute Gasteiger partial charge is 0.310 e. The topological polar surface area (TPSA) is 50.2 Å². The fourth-order valence-electron chi connectivity index (χ4n) is 2.86. The van der Waals surface area contributed by atoms with Gasteiger partial charge in [0.2, 0.25) is 0 Å². The van der Waals surface area contributed by atoms with Crippen LogP contribution in [0, 0.1) is 13.8 Å². The van der Waals surface area contributed by atoms with Crippen LogP contribution in [0.25, 0.3) is 10.9 Å². The lowest BCUT2D eigenvalue weighted by molar-refractivity contribution is -0.138. The molecule has 0 amide bonds. The third-order valence-corrected chi connectivity index (χ3v) is 4.46. The molecule has 1 N–H and O–H groups in total. The summed E-state index contributed by atoms with van der Waals surface area (Å²) in [5.41, 5.74) is 4.57. The largest absolute Gasteiger partial charge is 0.481 e. The van der Waals surface area contributed by atoms with Gasteiger partial charge in [0.25, 0.3) is 0 Å². The van der Waals surface area contributed by atoms with Crippen molar-refractivity contribution in [1.29, 1.82) is 0 Å². The van der Waals surface area contributed by atoms with Gasteiger partial charge < -0.3 is 5.11 Å². The summed E-state index contributed by atoms with van der Waals surface area (Å²) in [6.07, 6.45) is 1.33. The highest BCUT2D eigenvalue weighted by Gasteiger charge is 2.24. The fraction of sp³-hybridized carbons (Fsp3) is 0.412. The van der Waals surface area contributed by atoms with E-state index in [4.69, 9.17) is 11.6 Å². The lowest BCUT2D eigenvalue weighted by Crippen LogP contribution is -2.14. The molecule has 1 aromatic carbocycles. The average Bonchev–Trinajstić information content (AvgIpc) is 2.43. The SMILES string of the molecule is CCc1nc2cc(C)c(Cl)cc2c(C(CC)C(=O)O)c1C. The summed E-state index contributed by atoms with van der Waals surface area (Å²) in [4.78, 5) is 16.3. The van der Waals surface area contributed by atoms with Crippen LogP contribution >= 0.6 is 11.6 Å². The van der Waals surface area contributed by atoms with Gasteiger partial charge >= 0.3 is 5.97 Å². The molecule has 1 aromatic heterocycles. The molecule has 0 aliphatic carbocycles. The number of halogens is 1. The number of nitrogens with zero attached hydrogens (tertiary/aromatic N) is 1. The zero-order chi connectivity index (χ0) is 15.7. The van der Waals surface area contributed by atoms with Crippen molar-refractivity contribution in [1.82, 2.24) is 4.98 Å².